The molecule has 1 aliphatic rings. The maximum atomic E-state index is 10.3. The number of hydrogen-bond acceptors (Lipinski definition) is 11. The summed E-state index contributed by atoms with van der Waals surface area (Å²) >= 11 is 0. The lowest BCUT2D eigenvalue weighted by molar-refractivity contribution is -0.306. The Morgan fingerprint density at radius 3 is 2.13 bits per heavy atom. The van der Waals surface area contributed by atoms with Crippen molar-refractivity contribution in [1.82, 2.24) is 0 Å². The van der Waals surface area contributed by atoms with Gasteiger partial charge in [-0.15, -0.1) is 0 Å². The standard InChI is InChI=1S/C12H22O11/c13-1-4(15)7(17)8(18)5(16)3-22-12-11(21)10(20)9(19)6(2-14)23-12/h1,4-12,14-21H,2-3H2/t4?,5?,6-,7?,8?,9+,10+,11-,12-/m1/s1. The summed E-state index contributed by atoms with van der Waals surface area (Å²) in [5.41, 5.74) is 0. The predicted octanol–water partition coefficient (Wildman–Crippen LogP) is -5.55. The van der Waals surface area contributed by atoms with E-state index < -0.39 is 68.3 Å². The third-order valence-corrected chi connectivity index (χ3v) is 3.51. The Morgan fingerprint density at radius 2 is 1.61 bits per heavy atom. The Hall–Kier alpha value is -0.730. The van der Waals surface area contributed by atoms with E-state index in [2.05, 4.69) is 0 Å². The number of hydrogen-bond donors (Lipinski definition) is 8. The molecule has 1 heterocycles. The van der Waals surface area contributed by atoms with Gasteiger partial charge in [0.25, 0.3) is 0 Å². The van der Waals surface area contributed by atoms with Gasteiger partial charge in [0.2, 0.25) is 0 Å². The fraction of sp³-hybridized carbons (Fsp3) is 0.917. The lowest BCUT2D eigenvalue weighted by Crippen LogP contribution is -2.59. The van der Waals surface area contributed by atoms with Gasteiger partial charge in [-0.2, -0.15) is 0 Å². The van der Waals surface area contributed by atoms with Gasteiger partial charge in [0.05, 0.1) is 13.2 Å². The minimum absolute atomic E-state index is 0.0287. The van der Waals surface area contributed by atoms with E-state index in [1.807, 2.05) is 0 Å². The van der Waals surface area contributed by atoms with E-state index in [0.717, 1.165) is 0 Å². The summed E-state index contributed by atoms with van der Waals surface area (Å²) in [5, 5.41) is 75.4. The van der Waals surface area contributed by atoms with Crippen LogP contribution in [0.2, 0.25) is 0 Å². The number of aliphatic hydroxyl groups is 8. The fourth-order valence-corrected chi connectivity index (χ4v) is 2.01. The molecular formula is C12H22O11. The van der Waals surface area contributed by atoms with Gasteiger partial charge in [0.15, 0.2) is 12.6 Å². The normalized spacial score (nSPS) is 37.0. The molecule has 8 N–H and O–H groups in total. The van der Waals surface area contributed by atoms with E-state index in [1.54, 1.807) is 0 Å². The Morgan fingerprint density at radius 1 is 1.00 bits per heavy atom. The first kappa shape index (κ1) is 20.3. The van der Waals surface area contributed by atoms with Crippen molar-refractivity contribution in [3.8, 4) is 0 Å². The van der Waals surface area contributed by atoms with Crippen molar-refractivity contribution in [2.24, 2.45) is 0 Å². The molecule has 1 rings (SSSR count). The molecule has 23 heavy (non-hydrogen) atoms. The third-order valence-electron chi connectivity index (χ3n) is 3.51. The quantitative estimate of drug-likeness (QED) is 0.196. The summed E-state index contributed by atoms with van der Waals surface area (Å²) in [6.07, 6.45) is -15.3. The average Bonchev–Trinajstić information content (AvgIpc) is 2.56. The molecule has 9 atom stereocenters. The highest BCUT2D eigenvalue weighted by Gasteiger charge is 2.44. The summed E-state index contributed by atoms with van der Waals surface area (Å²) in [5.74, 6) is 0. The molecular weight excluding hydrogens is 320 g/mol. The smallest absolute Gasteiger partial charge is 0.186 e. The van der Waals surface area contributed by atoms with E-state index in [4.69, 9.17) is 19.7 Å². The first-order chi connectivity index (χ1) is 10.7. The second kappa shape index (κ2) is 8.94. The van der Waals surface area contributed by atoms with Crippen LogP contribution in [0.3, 0.4) is 0 Å². The van der Waals surface area contributed by atoms with Crippen LogP contribution in [-0.4, -0.2) is 115 Å². The van der Waals surface area contributed by atoms with Gasteiger partial charge in [0.1, 0.15) is 48.8 Å². The van der Waals surface area contributed by atoms with Crippen molar-refractivity contribution in [3.05, 3.63) is 0 Å². The van der Waals surface area contributed by atoms with E-state index in [1.165, 1.54) is 0 Å². The van der Waals surface area contributed by atoms with Crippen molar-refractivity contribution in [2.75, 3.05) is 13.2 Å². The van der Waals surface area contributed by atoms with E-state index in [-0.39, 0.29) is 6.29 Å². The molecule has 1 fully saturated rings. The van der Waals surface area contributed by atoms with E-state index in [0.29, 0.717) is 0 Å². The number of aldehydes is 1. The topological polar surface area (TPSA) is 197 Å². The molecule has 0 amide bonds. The van der Waals surface area contributed by atoms with Gasteiger partial charge < -0.3 is 55.1 Å². The molecule has 0 aromatic rings. The molecule has 1 aliphatic heterocycles. The summed E-state index contributed by atoms with van der Waals surface area (Å²) in [7, 11) is 0. The summed E-state index contributed by atoms with van der Waals surface area (Å²) < 4.78 is 9.94. The molecule has 0 bridgehead atoms. The highest BCUT2D eigenvalue weighted by molar-refractivity contribution is 5.56. The van der Waals surface area contributed by atoms with Crippen LogP contribution in [0.5, 0.6) is 0 Å². The summed E-state index contributed by atoms with van der Waals surface area (Å²) in [6, 6.07) is 0. The van der Waals surface area contributed by atoms with Crippen LogP contribution in [0.15, 0.2) is 0 Å². The lowest BCUT2D eigenvalue weighted by atomic mass is 9.99. The molecule has 0 radical (unpaired) electrons. The molecule has 4 unspecified atom stereocenters. The minimum Gasteiger partial charge on any atom is -0.394 e. The van der Waals surface area contributed by atoms with Crippen molar-refractivity contribution in [2.45, 2.75) is 55.1 Å². The molecule has 0 spiro atoms. The fourth-order valence-electron chi connectivity index (χ4n) is 2.01. The molecule has 136 valence electrons. The molecule has 11 nitrogen and oxygen atoms in total. The van der Waals surface area contributed by atoms with Crippen LogP contribution in [0, 0.1) is 0 Å². The Kier molecular flexibility index (Phi) is 7.89. The summed E-state index contributed by atoms with van der Waals surface area (Å²) in [4.78, 5) is 10.3. The van der Waals surface area contributed by atoms with Gasteiger partial charge in [-0.1, -0.05) is 0 Å². The Balaban J connectivity index is 2.57. The highest BCUT2D eigenvalue weighted by atomic mass is 16.7. The first-order valence-corrected chi connectivity index (χ1v) is 6.84. The van der Waals surface area contributed by atoms with Crippen LogP contribution in [0.25, 0.3) is 0 Å². The second-order valence-electron chi connectivity index (χ2n) is 5.21. The van der Waals surface area contributed by atoms with E-state index in [9.17, 15) is 35.4 Å². The molecule has 0 aromatic heterocycles. The largest absolute Gasteiger partial charge is 0.394 e. The number of ether oxygens (including phenoxy) is 2. The summed E-state index contributed by atoms with van der Waals surface area (Å²) in [6.45, 7) is -1.37. The number of carbonyl (C=O) groups excluding carboxylic acids is 1. The Labute approximate surface area is 130 Å². The molecule has 1 saturated heterocycles. The predicted molar refractivity (Wildman–Crippen MR) is 69.8 cm³/mol. The number of aliphatic hydroxyl groups excluding tert-OH is 8. The maximum Gasteiger partial charge on any atom is 0.186 e. The van der Waals surface area contributed by atoms with Crippen LogP contribution >= 0.6 is 0 Å². The van der Waals surface area contributed by atoms with Crippen molar-refractivity contribution in [1.29, 1.82) is 0 Å². The molecule has 11 heteroatoms. The van der Waals surface area contributed by atoms with Crippen LogP contribution in [-0.2, 0) is 14.3 Å². The van der Waals surface area contributed by atoms with E-state index >= 15 is 0 Å². The Bertz CT molecular complexity index is 365. The number of rotatable bonds is 8. The monoisotopic (exact) mass is 342 g/mol. The van der Waals surface area contributed by atoms with Gasteiger partial charge in [-0.05, 0) is 0 Å². The van der Waals surface area contributed by atoms with Crippen LogP contribution in [0.4, 0.5) is 0 Å². The van der Waals surface area contributed by atoms with Crippen molar-refractivity contribution in [3.63, 3.8) is 0 Å². The van der Waals surface area contributed by atoms with Crippen LogP contribution < -0.4 is 0 Å². The second-order valence-corrected chi connectivity index (χ2v) is 5.21. The molecule has 0 aliphatic carbocycles. The first-order valence-electron chi connectivity index (χ1n) is 6.84. The zero-order valence-corrected chi connectivity index (χ0v) is 12.0. The molecule has 0 saturated carbocycles. The maximum absolute atomic E-state index is 10.3. The van der Waals surface area contributed by atoms with Crippen LogP contribution in [0.1, 0.15) is 0 Å². The third kappa shape index (κ3) is 4.87. The SMILES string of the molecule is O=CC(O)C(O)C(O)C(O)CO[C@@H]1O[C@H](CO)[C@H](O)[C@H](O)[C@H]1O. The van der Waals surface area contributed by atoms with Crippen molar-refractivity contribution < 1.29 is 55.1 Å². The van der Waals surface area contributed by atoms with Gasteiger partial charge >= 0.3 is 0 Å². The minimum atomic E-state index is -1.96. The average molecular weight is 342 g/mol. The zero-order valence-electron chi connectivity index (χ0n) is 12.0. The highest BCUT2D eigenvalue weighted by Crippen LogP contribution is 2.22. The van der Waals surface area contributed by atoms with Gasteiger partial charge in [0, 0.05) is 0 Å². The van der Waals surface area contributed by atoms with Gasteiger partial charge in [-0.3, -0.25) is 0 Å². The lowest BCUT2D eigenvalue weighted by Gasteiger charge is -2.40. The number of carbonyl (C=O) groups is 1. The van der Waals surface area contributed by atoms with Gasteiger partial charge in [-0.25, -0.2) is 0 Å². The zero-order chi connectivity index (χ0) is 17.7. The van der Waals surface area contributed by atoms with Crippen molar-refractivity contribution >= 4 is 6.29 Å². The molecule has 0 aromatic carbocycles.